The Kier molecular flexibility index (Phi) is 6.26. The van der Waals surface area contributed by atoms with Gasteiger partial charge in [-0.25, -0.2) is 5.48 Å². The summed E-state index contributed by atoms with van der Waals surface area (Å²) in [4.78, 5) is 19.1. The zero-order chi connectivity index (χ0) is 14.2. The van der Waals surface area contributed by atoms with Crippen molar-refractivity contribution in [3.8, 4) is 0 Å². The zero-order valence-corrected chi connectivity index (χ0v) is 12.1. The number of rotatable bonds is 6. The van der Waals surface area contributed by atoms with Crippen molar-refractivity contribution in [2.24, 2.45) is 0 Å². The lowest BCUT2D eigenvalue weighted by Crippen LogP contribution is -2.39. The Labute approximate surface area is 123 Å². The topological polar surface area (TPSA) is 50.8 Å². The number of amides is 1. The molecule has 1 N–H and O–H groups in total. The number of morpholine rings is 1. The Morgan fingerprint density at radius 3 is 2.70 bits per heavy atom. The molecule has 1 amide bonds. The number of carbonyl (C=O) groups is 1. The Bertz CT molecular complexity index is 419. The third kappa shape index (κ3) is 5.46. The molecule has 0 aliphatic carbocycles. The molecule has 0 spiro atoms. The Balaban J connectivity index is 1.59. The van der Waals surface area contributed by atoms with Gasteiger partial charge in [-0.2, -0.15) is 0 Å². The van der Waals surface area contributed by atoms with Crippen molar-refractivity contribution in [3.05, 3.63) is 34.9 Å². The second-order valence-electron chi connectivity index (χ2n) is 4.63. The summed E-state index contributed by atoms with van der Waals surface area (Å²) < 4.78 is 5.26. The van der Waals surface area contributed by atoms with E-state index in [0.717, 1.165) is 38.4 Å². The maximum absolute atomic E-state index is 11.6. The van der Waals surface area contributed by atoms with Crippen molar-refractivity contribution in [3.63, 3.8) is 0 Å². The molecule has 0 radical (unpaired) electrons. The predicted molar refractivity (Wildman–Crippen MR) is 76.5 cm³/mol. The van der Waals surface area contributed by atoms with Crippen LogP contribution in [0.25, 0.3) is 0 Å². The van der Waals surface area contributed by atoms with Gasteiger partial charge in [0.2, 0.25) is 5.91 Å². The third-order valence-electron chi connectivity index (χ3n) is 3.08. The van der Waals surface area contributed by atoms with Gasteiger partial charge in [-0.1, -0.05) is 23.7 Å². The van der Waals surface area contributed by atoms with E-state index < -0.39 is 0 Å². The average molecular weight is 299 g/mol. The molecule has 1 aliphatic heterocycles. The van der Waals surface area contributed by atoms with Gasteiger partial charge in [-0.15, -0.1) is 0 Å². The molecular weight excluding hydrogens is 280 g/mol. The molecular formula is C14H19ClN2O3. The smallest absolute Gasteiger partial charge is 0.247 e. The van der Waals surface area contributed by atoms with Crippen molar-refractivity contribution in [1.29, 1.82) is 0 Å². The molecule has 1 aromatic rings. The van der Waals surface area contributed by atoms with E-state index in [1.807, 2.05) is 12.1 Å². The lowest BCUT2D eigenvalue weighted by molar-refractivity contribution is -0.133. The molecule has 5 nitrogen and oxygen atoms in total. The monoisotopic (exact) mass is 298 g/mol. The number of nitrogens with one attached hydrogen (secondary N) is 1. The minimum atomic E-state index is -0.158. The van der Waals surface area contributed by atoms with Crippen LogP contribution >= 0.6 is 11.6 Å². The molecule has 0 bridgehead atoms. The van der Waals surface area contributed by atoms with Gasteiger partial charge in [0.25, 0.3) is 0 Å². The van der Waals surface area contributed by atoms with Crippen LogP contribution in [0.1, 0.15) is 5.56 Å². The van der Waals surface area contributed by atoms with Crippen LogP contribution in [0.4, 0.5) is 0 Å². The largest absolute Gasteiger partial charge is 0.379 e. The minimum absolute atomic E-state index is 0.158. The highest BCUT2D eigenvalue weighted by molar-refractivity contribution is 6.30. The lowest BCUT2D eigenvalue weighted by atomic mass is 10.1. The summed E-state index contributed by atoms with van der Waals surface area (Å²) in [6.07, 6.45) is 0.286. The summed E-state index contributed by atoms with van der Waals surface area (Å²) in [5.74, 6) is -0.158. The van der Waals surface area contributed by atoms with Crippen LogP contribution in [0.5, 0.6) is 0 Å². The third-order valence-corrected chi connectivity index (χ3v) is 3.33. The first-order valence-corrected chi connectivity index (χ1v) is 7.07. The van der Waals surface area contributed by atoms with E-state index in [1.54, 1.807) is 12.1 Å². The fourth-order valence-corrected chi connectivity index (χ4v) is 2.08. The maximum Gasteiger partial charge on any atom is 0.247 e. The van der Waals surface area contributed by atoms with Crippen LogP contribution < -0.4 is 5.48 Å². The number of hydrogen-bond donors (Lipinski definition) is 1. The number of halogens is 1. The number of hydroxylamine groups is 1. The van der Waals surface area contributed by atoms with E-state index in [9.17, 15) is 4.79 Å². The van der Waals surface area contributed by atoms with Gasteiger partial charge in [0.05, 0.1) is 26.2 Å². The summed E-state index contributed by atoms with van der Waals surface area (Å²) >= 11 is 5.79. The van der Waals surface area contributed by atoms with Gasteiger partial charge in [-0.3, -0.25) is 14.5 Å². The second-order valence-corrected chi connectivity index (χ2v) is 5.07. The molecule has 0 saturated carbocycles. The van der Waals surface area contributed by atoms with E-state index in [1.165, 1.54) is 0 Å². The van der Waals surface area contributed by atoms with Crippen molar-refractivity contribution >= 4 is 17.5 Å². The average Bonchev–Trinajstić information content (AvgIpc) is 2.47. The van der Waals surface area contributed by atoms with Crippen molar-refractivity contribution in [1.82, 2.24) is 10.4 Å². The highest BCUT2D eigenvalue weighted by atomic mass is 35.5. The first-order chi connectivity index (χ1) is 9.74. The summed E-state index contributed by atoms with van der Waals surface area (Å²) in [6.45, 7) is 4.65. The first kappa shape index (κ1) is 15.3. The van der Waals surface area contributed by atoms with Gasteiger partial charge in [0.1, 0.15) is 0 Å². The van der Waals surface area contributed by atoms with Crippen molar-refractivity contribution < 1.29 is 14.4 Å². The Morgan fingerprint density at radius 1 is 1.30 bits per heavy atom. The second kappa shape index (κ2) is 8.21. The molecule has 0 unspecified atom stereocenters. The van der Waals surface area contributed by atoms with Crippen LogP contribution in [-0.4, -0.2) is 50.3 Å². The number of benzene rings is 1. The summed E-state index contributed by atoms with van der Waals surface area (Å²) in [5, 5.41) is 0.663. The maximum atomic E-state index is 11.6. The van der Waals surface area contributed by atoms with E-state index in [2.05, 4.69) is 10.4 Å². The van der Waals surface area contributed by atoms with Gasteiger partial charge >= 0.3 is 0 Å². The van der Waals surface area contributed by atoms with Crippen molar-refractivity contribution in [2.45, 2.75) is 6.42 Å². The molecule has 20 heavy (non-hydrogen) atoms. The molecule has 1 aliphatic rings. The van der Waals surface area contributed by atoms with Crippen LogP contribution in [0.3, 0.4) is 0 Å². The molecule has 1 heterocycles. The molecule has 1 fully saturated rings. The van der Waals surface area contributed by atoms with E-state index in [0.29, 0.717) is 11.6 Å². The molecule has 110 valence electrons. The quantitative estimate of drug-likeness (QED) is 0.635. The first-order valence-electron chi connectivity index (χ1n) is 6.69. The molecule has 0 aromatic heterocycles. The number of carbonyl (C=O) groups excluding carboxylic acids is 1. The van der Waals surface area contributed by atoms with Crippen LogP contribution in [0, 0.1) is 0 Å². The summed E-state index contributed by atoms with van der Waals surface area (Å²) in [5.41, 5.74) is 3.36. The molecule has 6 heteroatoms. The molecule has 1 saturated heterocycles. The molecule has 2 rings (SSSR count). The van der Waals surface area contributed by atoms with Crippen LogP contribution in [0.15, 0.2) is 24.3 Å². The number of nitrogens with zero attached hydrogens (tertiary/aromatic N) is 1. The normalized spacial score (nSPS) is 16.1. The van der Waals surface area contributed by atoms with Gasteiger partial charge in [0.15, 0.2) is 0 Å². The van der Waals surface area contributed by atoms with Gasteiger partial charge < -0.3 is 4.74 Å². The number of hydrogen-bond acceptors (Lipinski definition) is 4. The fourth-order valence-electron chi connectivity index (χ4n) is 1.95. The molecule has 0 atom stereocenters. The van der Waals surface area contributed by atoms with Crippen LogP contribution in [-0.2, 0) is 20.8 Å². The Morgan fingerprint density at radius 2 is 2.00 bits per heavy atom. The summed E-state index contributed by atoms with van der Waals surface area (Å²) in [7, 11) is 0. The predicted octanol–water partition coefficient (Wildman–Crippen LogP) is 1.26. The highest BCUT2D eigenvalue weighted by Gasteiger charge is 2.10. The van der Waals surface area contributed by atoms with Gasteiger partial charge in [0, 0.05) is 24.7 Å². The number of ether oxygens (including phenoxy) is 1. The van der Waals surface area contributed by atoms with E-state index in [4.69, 9.17) is 21.2 Å². The highest BCUT2D eigenvalue weighted by Crippen LogP contribution is 2.09. The van der Waals surface area contributed by atoms with E-state index in [-0.39, 0.29) is 12.3 Å². The lowest BCUT2D eigenvalue weighted by Gasteiger charge is -2.26. The van der Waals surface area contributed by atoms with Crippen LogP contribution in [0.2, 0.25) is 5.02 Å². The summed E-state index contributed by atoms with van der Waals surface area (Å²) in [6, 6.07) is 7.19. The molecule has 1 aromatic carbocycles. The fraction of sp³-hybridized carbons (Fsp3) is 0.500. The minimum Gasteiger partial charge on any atom is -0.379 e. The standard InChI is InChI=1S/C14H19ClN2O3/c15-13-3-1-12(2-4-13)11-14(18)16-20-10-7-17-5-8-19-9-6-17/h1-4H,5-11H2,(H,16,18). The zero-order valence-electron chi connectivity index (χ0n) is 11.3. The SMILES string of the molecule is O=C(Cc1ccc(Cl)cc1)NOCCN1CCOCC1. The van der Waals surface area contributed by atoms with Crippen molar-refractivity contribution in [2.75, 3.05) is 39.5 Å². The Hall–Kier alpha value is -1.14. The van der Waals surface area contributed by atoms with E-state index >= 15 is 0 Å². The van der Waals surface area contributed by atoms with Gasteiger partial charge in [-0.05, 0) is 17.7 Å².